The van der Waals surface area contributed by atoms with Gasteiger partial charge in [-0.3, -0.25) is 10.1 Å². The highest BCUT2D eigenvalue weighted by molar-refractivity contribution is 6.31. The molecule has 1 aromatic carbocycles. The Morgan fingerprint density at radius 1 is 1.28 bits per heavy atom. The van der Waals surface area contributed by atoms with Gasteiger partial charge in [0.25, 0.3) is 0 Å². The SMILES string of the molecule is Cc1cc(C)n(-c2ncnc(Nc3ccc(F)c(Cl)c3)c2[N+](=O)[O-])n1. The molecule has 0 radical (unpaired) electrons. The monoisotopic (exact) mass is 362 g/mol. The van der Waals surface area contributed by atoms with Crippen molar-refractivity contribution < 1.29 is 9.31 Å². The van der Waals surface area contributed by atoms with Crippen molar-refractivity contribution in [3.8, 4) is 5.82 Å². The van der Waals surface area contributed by atoms with Crippen molar-refractivity contribution in [3.05, 3.63) is 62.9 Å². The van der Waals surface area contributed by atoms with E-state index in [9.17, 15) is 14.5 Å². The van der Waals surface area contributed by atoms with Crippen LogP contribution in [0.5, 0.6) is 0 Å². The van der Waals surface area contributed by atoms with Gasteiger partial charge in [-0.1, -0.05) is 11.6 Å². The fourth-order valence-corrected chi connectivity index (χ4v) is 2.52. The van der Waals surface area contributed by atoms with Crippen molar-refractivity contribution in [2.45, 2.75) is 13.8 Å². The smallest absolute Gasteiger partial charge is 0.334 e. The van der Waals surface area contributed by atoms with Gasteiger partial charge in [0.05, 0.1) is 15.6 Å². The molecule has 0 unspecified atom stereocenters. The number of hydrogen-bond donors (Lipinski definition) is 1. The first-order valence-electron chi connectivity index (χ1n) is 7.12. The van der Waals surface area contributed by atoms with E-state index in [-0.39, 0.29) is 22.3 Å². The van der Waals surface area contributed by atoms with E-state index in [1.165, 1.54) is 23.1 Å². The van der Waals surface area contributed by atoms with Crippen LogP contribution in [0.2, 0.25) is 5.02 Å². The highest BCUT2D eigenvalue weighted by Crippen LogP contribution is 2.31. The maximum atomic E-state index is 13.3. The first-order chi connectivity index (χ1) is 11.9. The molecule has 2 aromatic heterocycles. The van der Waals surface area contributed by atoms with Crippen LogP contribution in [0, 0.1) is 29.8 Å². The first-order valence-corrected chi connectivity index (χ1v) is 7.49. The lowest BCUT2D eigenvalue weighted by molar-refractivity contribution is -0.384. The topological polar surface area (TPSA) is 98.8 Å². The zero-order valence-corrected chi connectivity index (χ0v) is 14.0. The summed E-state index contributed by atoms with van der Waals surface area (Å²) in [6.07, 6.45) is 1.19. The number of anilines is 2. The lowest BCUT2D eigenvalue weighted by Crippen LogP contribution is -2.09. The summed E-state index contributed by atoms with van der Waals surface area (Å²) in [5.41, 5.74) is 1.39. The van der Waals surface area contributed by atoms with Crippen LogP contribution in [0.15, 0.2) is 30.6 Å². The van der Waals surface area contributed by atoms with E-state index in [0.29, 0.717) is 17.1 Å². The minimum Gasteiger partial charge on any atom is -0.334 e. The summed E-state index contributed by atoms with van der Waals surface area (Å²) in [5.74, 6) is -0.612. The highest BCUT2D eigenvalue weighted by atomic mass is 35.5. The summed E-state index contributed by atoms with van der Waals surface area (Å²) >= 11 is 5.74. The number of aromatic nitrogens is 4. The number of nitro groups is 1. The van der Waals surface area contributed by atoms with Crippen molar-refractivity contribution in [1.29, 1.82) is 0 Å². The second-order valence-corrected chi connectivity index (χ2v) is 5.65. The zero-order valence-electron chi connectivity index (χ0n) is 13.2. The van der Waals surface area contributed by atoms with E-state index in [1.54, 1.807) is 19.9 Å². The van der Waals surface area contributed by atoms with Gasteiger partial charge in [-0.2, -0.15) is 5.10 Å². The number of nitrogens with one attached hydrogen (secondary N) is 1. The van der Waals surface area contributed by atoms with Gasteiger partial charge in [0.2, 0.25) is 11.6 Å². The van der Waals surface area contributed by atoms with Gasteiger partial charge in [0.1, 0.15) is 12.1 Å². The quantitative estimate of drug-likeness (QED) is 0.561. The van der Waals surface area contributed by atoms with Gasteiger partial charge in [0.15, 0.2) is 0 Å². The molecule has 0 fully saturated rings. The van der Waals surface area contributed by atoms with Crippen LogP contribution in [0.3, 0.4) is 0 Å². The number of rotatable bonds is 4. The van der Waals surface area contributed by atoms with E-state index in [4.69, 9.17) is 11.6 Å². The number of hydrogen-bond acceptors (Lipinski definition) is 6. The van der Waals surface area contributed by atoms with Crippen LogP contribution in [0.4, 0.5) is 21.6 Å². The van der Waals surface area contributed by atoms with Crippen LogP contribution in [-0.4, -0.2) is 24.7 Å². The van der Waals surface area contributed by atoms with Crippen LogP contribution >= 0.6 is 11.6 Å². The van der Waals surface area contributed by atoms with E-state index < -0.39 is 10.7 Å². The first kappa shape index (κ1) is 16.8. The Balaban J connectivity index is 2.11. The van der Waals surface area contributed by atoms with Crippen LogP contribution in [0.25, 0.3) is 5.82 Å². The Kier molecular flexibility index (Phi) is 4.32. The molecule has 0 saturated carbocycles. The third kappa shape index (κ3) is 3.26. The normalized spacial score (nSPS) is 10.7. The van der Waals surface area contributed by atoms with Crippen molar-refractivity contribution in [2.75, 3.05) is 5.32 Å². The number of benzene rings is 1. The minimum atomic E-state index is -0.598. The van der Waals surface area contributed by atoms with Gasteiger partial charge in [-0.15, -0.1) is 0 Å². The molecule has 8 nitrogen and oxygen atoms in total. The molecule has 0 spiro atoms. The molecule has 0 aliphatic carbocycles. The highest BCUT2D eigenvalue weighted by Gasteiger charge is 2.26. The number of nitrogens with zero attached hydrogens (tertiary/aromatic N) is 5. The van der Waals surface area contributed by atoms with Crippen molar-refractivity contribution in [3.63, 3.8) is 0 Å². The Bertz CT molecular complexity index is 975. The van der Waals surface area contributed by atoms with Crippen LogP contribution < -0.4 is 5.32 Å². The number of aryl methyl sites for hydroxylation is 2. The van der Waals surface area contributed by atoms with E-state index >= 15 is 0 Å². The molecule has 1 N–H and O–H groups in total. The molecule has 0 atom stereocenters. The van der Waals surface area contributed by atoms with Gasteiger partial charge >= 0.3 is 5.69 Å². The molecule has 0 saturated heterocycles. The number of halogens is 2. The maximum Gasteiger partial charge on any atom is 0.355 e. The molecular formula is C15H12ClFN6O2. The Morgan fingerprint density at radius 3 is 2.64 bits per heavy atom. The predicted molar refractivity (Wildman–Crippen MR) is 90.0 cm³/mol. The third-order valence-corrected chi connectivity index (χ3v) is 3.67. The molecule has 128 valence electrons. The van der Waals surface area contributed by atoms with E-state index in [2.05, 4.69) is 20.4 Å². The molecule has 0 bridgehead atoms. The molecule has 2 heterocycles. The molecule has 3 rings (SSSR count). The molecule has 0 amide bonds. The van der Waals surface area contributed by atoms with E-state index in [0.717, 1.165) is 6.07 Å². The lowest BCUT2D eigenvalue weighted by atomic mass is 10.3. The Morgan fingerprint density at radius 2 is 2.04 bits per heavy atom. The fraction of sp³-hybridized carbons (Fsp3) is 0.133. The Hall–Kier alpha value is -3.07. The Labute approximate surface area is 146 Å². The van der Waals surface area contributed by atoms with Crippen molar-refractivity contribution >= 4 is 28.8 Å². The fourth-order valence-electron chi connectivity index (χ4n) is 2.34. The standard InChI is InChI=1S/C15H12ClFN6O2/c1-8-5-9(2)22(21-8)15-13(23(24)25)14(18-7-19-15)20-10-3-4-12(17)11(16)6-10/h3-7H,1-2H3,(H,18,19,20). The molecule has 0 aliphatic rings. The zero-order chi connectivity index (χ0) is 18.1. The second kappa shape index (κ2) is 6.44. The van der Waals surface area contributed by atoms with Crippen molar-refractivity contribution in [1.82, 2.24) is 19.7 Å². The maximum absolute atomic E-state index is 13.3. The van der Waals surface area contributed by atoms with E-state index in [1.807, 2.05) is 0 Å². The van der Waals surface area contributed by atoms with Gasteiger partial charge < -0.3 is 5.32 Å². The molecule has 3 aromatic rings. The summed E-state index contributed by atoms with van der Waals surface area (Å²) < 4.78 is 14.6. The lowest BCUT2D eigenvalue weighted by Gasteiger charge is -2.10. The van der Waals surface area contributed by atoms with Crippen LogP contribution in [0.1, 0.15) is 11.4 Å². The largest absolute Gasteiger partial charge is 0.355 e. The molecule has 0 aliphatic heterocycles. The minimum absolute atomic E-state index is 0.0290. The third-order valence-electron chi connectivity index (χ3n) is 3.38. The van der Waals surface area contributed by atoms with Gasteiger partial charge in [-0.05, 0) is 38.1 Å². The predicted octanol–water partition coefficient (Wildman–Crippen LogP) is 3.72. The summed E-state index contributed by atoms with van der Waals surface area (Å²) in [6, 6.07) is 5.64. The average Bonchev–Trinajstić information content (AvgIpc) is 2.89. The van der Waals surface area contributed by atoms with Crippen molar-refractivity contribution in [2.24, 2.45) is 0 Å². The van der Waals surface area contributed by atoms with Crippen LogP contribution in [-0.2, 0) is 0 Å². The summed E-state index contributed by atoms with van der Waals surface area (Å²) in [5, 5.41) is 18.5. The second-order valence-electron chi connectivity index (χ2n) is 5.24. The van der Waals surface area contributed by atoms with Gasteiger partial charge in [-0.25, -0.2) is 19.0 Å². The average molecular weight is 363 g/mol. The summed E-state index contributed by atoms with van der Waals surface area (Å²) in [6.45, 7) is 3.54. The van der Waals surface area contributed by atoms with Gasteiger partial charge in [0, 0.05) is 11.4 Å². The summed E-state index contributed by atoms with van der Waals surface area (Å²) in [7, 11) is 0. The molecule has 25 heavy (non-hydrogen) atoms. The molecular weight excluding hydrogens is 351 g/mol. The summed E-state index contributed by atoms with van der Waals surface area (Å²) in [4.78, 5) is 18.9. The molecule has 10 heteroatoms.